The molecule has 2 rings (SSSR count). The van der Waals surface area contributed by atoms with Crippen molar-refractivity contribution in [1.82, 2.24) is 0 Å². The van der Waals surface area contributed by atoms with Gasteiger partial charge in [0, 0.05) is 5.41 Å². The quantitative estimate of drug-likeness (QED) is 0.655. The zero-order valence-corrected chi connectivity index (χ0v) is 12.1. The van der Waals surface area contributed by atoms with Gasteiger partial charge >= 0.3 is 0 Å². The van der Waals surface area contributed by atoms with E-state index < -0.39 is 0 Å². The van der Waals surface area contributed by atoms with E-state index in [-0.39, 0.29) is 5.41 Å². The lowest BCUT2D eigenvalue weighted by atomic mass is 9.72. The van der Waals surface area contributed by atoms with Crippen LogP contribution in [0.5, 0.6) is 0 Å². The van der Waals surface area contributed by atoms with Crippen LogP contribution in [0.15, 0.2) is 61.2 Å². The van der Waals surface area contributed by atoms with Gasteiger partial charge in [0.2, 0.25) is 0 Å². The molecule has 0 bridgehead atoms. The number of allylic oxidation sites excluding steroid dienone is 1. The second kappa shape index (κ2) is 5.44. The molecule has 0 saturated heterocycles. The van der Waals surface area contributed by atoms with E-state index in [1.54, 1.807) is 0 Å². The Labute approximate surface area is 116 Å². The van der Waals surface area contributed by atoms with Crippen LogP contribution in [-0.2, 0) is 5.41 Å². The van der Waals surface area contributed by atoms with Crippen molar-refractivity contribution in [3.8, 4) is 0 Å². The van der Waals surface area contributed by atoms with Crippen molar-refractivity contribution in [3.05, 3.63) is 83.4 Å². The zero-order valence-electron chi connectivity index (χ0n) is 12.1. The SMILES string of the molecule is C=CCC(C)(c1ccccc1)c1cccc(C)c1C. The van der Waals surface area contributed by atoms with Gasteiger partial charge in [-0.2, -0.15) is 0 Å². The van der Waals surface area contributed by atoms with Crippen LogP contribution in [0.1, 0.15) is 35.6 Å². The summed E-state index contributed by atoms with van der Waals surface area (Å²) in [6.07, 6.45) is 2.97. The lowest BCUT2D eigenvalue weighted by Crippen LogP contribution is -2.24. The summed E-state index contributed by atoms with van der Waals surface area (Å²) in [4.78, 5) is 0. The number of rotatable bonds is 4. The third-order valence-corrected chi connectivity index (χ3v) is 4.16. The Kier molecular flexibility index (Phi) is 3.90. The van der Waals surface area contributed by atoms with E-state index in [0.29, 0.717) is 0 Å². The fourth-order valence-electron chi connectivity index (χ4n) is 2.83. The predicted molar refractivity (Wildman–Crippen MR) is 83.6 cm³/mol. The molecule has 0 nitrogen and oxygen atoms in total. The minimum absolute atomic E-state index is 0.000880. The largest absolute Gasteiger partial charge is 0.103 e. The Morgan fingerprint density at radius 2 is 1.68 bits per heavy atom. The first-order valence-electron chi connectivity index (χ1n) is 6.82. The standard InChI is InChI=1S/C19H22/c1-5-14-19(4,17-11-7-6-8-12-17)18-13-9-10-15(2)16(18)3/h5-13H,1,14H2,2-4H3. The van der Waals surface area contributed by atoms with Crippen molar-refractivity contribution in [3.63, 3.8) is 0 Å². The Morgan fingerprint density at radius 1 is 1.00 bits per heavy atom. The number of aryl methyl sites for hydroxylation is 1. The molecule has 0 N–H and O–H groups in total. The molecule has 0 heterocycles. The lowest BCUT2D eigenvalue weighted by molar-refractivity contribution is 0.576. The Hall–Kier alpha value is -1.82. The van der Waals surface area contributed by atoms with E-state index in [0.717, 1.165) is 6.42 Å². The molecule has 19 heavy (non-hydrogen) atoms. The maximum atomic E-state index is 3.95. The highest BCUT2D eigenvalue weighted by Gasteiger charge is 2.29. The second-order valence-corrected chi connectivity index (χ2v) is 5.44. The predicted octanol–water partition coefficient (Wildman–Crippen LogP) is 5.19. The third-order valence-electron chi connectivity index (χ3n) is 4.16. The van der Waals surface area contributed by atoms with Crippen LogP contribution in [0.25, 0.3) is 0 Å². The van der Waals surface area contributed by atoms with Gasteiger partial charge < -0.3 is 0 Å². The van der Waals surface area contributed by atoms with Gasteiger partial charge in [0.15, 0.2) is 0 Å². The van der Waals surface area contributed by atoms with Gasteiger partial charge in [0.25, 0.3) is 0 Å². The molecule has 2 aromatic rings. The third kappa shape index (κ3) is 2.49. The second-order valence-electron chi connectivity index (χ2n) is 5.44. The lowest BCUT2D eigenvalue weighted by Gasteiger charge is -2.32. The van der Waals surface area contributed by atoms with Crippen molar-refractivity contribution >= 4 is 0 Å². The van der Waals surface area contributed by atoms with Gasteiger partial charge in [-0.25, -0.2) is 0 Å². The minimum Gasteiger partial charge on any atom is -0.103 e. The van der Waals surface area contributed by atoms with E-state index in [4.69, 9.17) is 0 Å². The van der Waals surface area contributed by atoms with Gasteiger partial charge in [-0.15, -0.1) is 6.58 Å². The minimum atomic E-state index is -0.000880. The Bertz CT molecular complexity index is 566. The van der Waals surface area contributed by atoms with Gasteiger partial charge in [0.05, 0.1) is 0 Å². The summed E-state index contributed by atoms with van der Waals surface area (Å²) in [5, 5.41) is 0. The normalized spacial score (nSPS) is 13.8. The van der Waals surface area contributed by atoms with E-state index in [1.807, 2.05) is 6.08 Å². The van der Waals surface area contributed by atoms with E-state index in [1.165, 1.54) is 22.3 Å². The van der Waals surface area contributed by atoms with E-state index >= 15 is 0 Å². The molecule has 0 saturated carbocycles. The molecule has 0 fully saturated rings. The molecule has 0 aliphatic heterocycles. The molecule has 0 spiro atoms. The summed E-state index contributed by atoms with van der Waals surface area (Å²) in [5.41, 5.74) is 5.49. The maximum absolute atomic E-state index is 3.95. The first kappa shape index (κ1) is 13.6. The van der Waals surface area contributed by atoms with E-state index in [2.05, 4.69) is 75.9 Å². The molecule has 1 atom stereocenters. The highest BCUT2D eigenvalue weighted by atomic mass is 14.3. The highest BCUT2D eigenvalue weighted by molar-refractivity contribution is 5.45. The van der Waals surface area contributed by atoms with Gasteiger partial charge in [-0.1, -0.05) is 61.5 Å². The number of hydrogen-bond donors (Lipinski definition) is 0. The fourth-order valence-corrected chi connectivity index (χ4v) is 2.83. The zero-order chi connectivity index (χ0) is 13.9. The van der Waals surface area contributed by atoms with Crippen LogP contribution in [0.4, 0.5) is 0 Å². The van der Waals surface area contributed by atoms with Crippen LogP contribution in [0, 0.1) is 13.8 Å². The Balaban J connectivity index is 2.63. The first-order chi connectivity index (χ1) is 9.09. The van der Waals surface area contributed by atoms with Crippen LogP contribution in [-0.4, -0.2) is 0 Å². The topological polar surface area (TPSA) is 0 Å². The summed E-state index contributed by atoms with van der Waals surface area (Å²) in [6.45, 7) is 10.7. The first-order valence-corrected chi connectivity index (χ1v) is 6.82. The van der Waals surface area contributed by atoms with Crippen molar-refractivity contribution in [1.29, 1.82) is 0 Å². The van der Waals surface area contributed by atoms with Gasteiger partial charge in [-0.3, -0.25) is 0 Å². The summed E-state index contributed by atoms with van der Waals surface area (Å²) < 4.78 is 0. The molecule has 0 aromatic heterocycles. The fraction of sp³-hybridized carbons (Fsp3) is 0.263. The molecule has 0 radical (unpaired) electrons. The van der Waals surface area contributed by atoms with Crippen molar-refractivity contribution in [2.45, 2.75) is 32.6 Å². The molecular formula is C19H22. The highest BCUT2D eigenvalue weighted by Crippen LogP contribution is 2.37. The number of benzene rings is 2. The average molecular weight is 250 g/mol. The molecule has 0 aliphatic carbocycles. The molecule has 0 aliphatic rings. The molecule has 2 aromatic carbocycles. The average Bonchev–Trinajstić information content (AvgIpc) is 2.43. The summed E-state index contributed by atoms with van der Waals surface area (Å²) in [5.74, 6) is 0. The van der Waals surface area contributed by atoms with Gasteiger partial charge in [-0.05, 0) is 42.5 Å². The summed E-state index contributed by atoms with van der Waals surface area (Å²) in [7, 11) is 0. The molecule has 98 valence electrons. The Morgan fingerprint density at radius 3 is 2.32 bits per heavy atom. The number of hydrogen-bond acceptors (Lipinski definition) is 0. The molecule has 1 unspecified atom stereocenters. The van der Waals surface area contributed by atoms with E-state index in [9.17, 15) is 0 Å². The monoisotopic (exact) mass is 250 g/mol. The van der Waals surface area contributed by atoms with Crippen LogP contribution < -0.4 is 0 Å². The maximum Gasteiger partial charge on any atom is 0.0211 e. The van der Waals surface area contributed by atoms with Crippen molar-refractivity contribution < 1.29 is 0 Å². The van der Waals surface area contributed by atoms with Crippen LogP contribution >= 0.6 is 0 Å². The summed E-state index contributed by atoms with van der Waals surface area (Å²) >= 11 is 0. The molecule has 0 heteroatoms. The van der Waals surface area contributed by atoms with Crippen LogP contribution in [0.3, 0.4) is 0 Å². The molecular weight excluding hydrogens is 228 g/mol. The van der Waals surface area contributed by atoms with Crippen molar-refractivity contribution in [2.75, 3.05) is 0 Å². The molecule has 0 amide bonds. The van der Waals surface area contributed by atoms with Crippen molar-refractivity contribution in [2.24, 2.45) is 0 Å². The van der Waals surface area contributed by atoms with Gasteiger partial charge in [0.1, 0.15) is 0 Å². The van der Waals surface area contributed by atoms with Crippen LogP contribution in [0.2, 0.25) is 0 Å². The smallest absolute Gasteiger partial charge is 0.0211 e. The summed E-state index contributed by atoms with van der Waals surface area (Å²) in [6, 6.07) is 17.3.